The highest BCUT2D eigenvalue weighted by molar-refractivity contribution is 7.10. The molecule has 0 unspecified atom stereocenters. The van der Waals surface area contributed by atoms with E-state index in [1.165, 1.54) is 15.8 Å². The van der Waals surface area contributed by atoms with Crippen LogP contribution in [0.5, 0.6) is 0 Å². The molecular formula is C17H18N2S. The zero-order valence-electron chi connectivity index (χ0n) is 11.6. The van der Waals surface area contributed by atoms with Gasteiger partial charge in [-0.1, -0.05) is 31.2 Å². The lowest BCUT2D eigenvalue weighted by Gasteiger charge is -2.06. The minimum atomic E-state index is 0.811. The predicted octanol–water partition coefficient (Wildman–Crippen LogP) is 4.15. The summed E-state index contributed by atoms with van der Waals surface area (Å²) in [5.41, 5.74) is 3.62. The summed E-state index contributed by atoms with van der Waals surface area (Å²) in [4.78, 5) is 6.12. The number of rotatable bonds is 5. The van der Waals surface area contributed by atoms with Gasteiger partial charge in [-0.15, -0.1) is 11.3 Å². The Kier molecular flexibility index (Phi) is 4.09. The Morgan fingerprint density at radius 2 is 1.95 bits per heavy atom. The van der Waals surface area contributed by atoms with E-state index < -0.39 is 0 Å². The van der Waals surface area contributed by atoms with Gasteiger partial charge < -0.3 is 5.32 Å². The zero-order chi connectivity index (χ0) is 13.8. The minimum absolute atomic E-state index is 0.811. The number of aromatic nitrogens is 1. The van der Waals surface area contributed by atoms with Crippen molar-refractivity contribution in [2.75, 3.05) is 0 Å². The minimum Gasteiger partial charge on any atom is -0.306 e. The molecule has 0 saturated heterocycles. The molecule has 0 aliphatic carbocycles. The Hall–Kier alpha value is -1.71. The first-order chi connectivity index (χ1) is 9.86. The summed E-state index contributed by atoms with van der Waals surface area (Å²) in [6, 6.07) is 14.7. The summed E-state index contributed by atoms with van der Waals surface area (Å²) in [6.07, 6.45) is 1.11. The normalized spacial score (nSPS) is 11.1. The average molecular weight is 282 g/mol. The molecule has 0 bridgehead atoms. The van der Waals surface area contributed by atoms with Crippen molar-refractivity contribution in [3.05, 3.63) is 64.0 Å². The van der Waals surface area contributed by atoms with Crippen molar-refractivity contribution in [1.82, 2.24) is 10.3 Å². The van der Waals surface area contributed by atoms with E-state index in [1.807, 2.05) is 23.5 Å². The van der Waals surface area contributed by atoms with E-state index in [4.69, 9.17) is 0 Å². The molecule has 1 aromatic carbocycles. The van der Waals surface area contributed by atoms with Crippen molar-refractivity contribution in [2.45, 2.75) is 26.4 Å². The van der Waals surface area contributed by atoms with Gasteiger partial charge in [0.2, 0.25) is 0 Å². The van der Waals surface area contributed by atoms with Crippen LogP contribution >= 0.6 is 11.3 Å². The highest BCUT2D eigenvalue weighted by atomic mass is 32.1. The van der Waals surface area contributed by atoms with Crippen LogP contribution in [0.3, 0.4) is 0 Å². The van der Waals surface area contributed by atoms with Crippen LogP contribution in [0.25, 0.3) is 10.9 Å². The van der Waals surface area contributed by atoms with Gasteiger partial charge in [0, 0.05) is 23.4 Å². The number of hydrogen-bond donors (Lipinski definition) is 1. The van der Waals surface area contributed by atoms with Gasteiger partial charge in [-0.3, -0.25) is 4.98 Å². The van der Waals surface area contributed by atoms with Crippen LogP contribution in [-0.4, -0.2) is 4.98 Å². The van der Waals surface area contributed by atoms with E-state index in [0.717, 1.165) is 30.7 Å². The largest absolute Gasteiger partial charge is 0.306 e. The third-order valence-corrected chi connectivity index (χ3v) is 4.43. The van der Waals surface area contributed by atoms with Gasteiger partial charge in [0.25, 0.3) is 0 Å². The van der Waals surface area contributed by atoms with Gasteiger partial charge in [-0.2, -0.15) is 0 Å². The maximum absolute atomic E-state index is 4.68. The van der Waals surface area contributed by atoms with Crippen molar-refractivity contribution in [3.8, 4) is 0 Å². The van der Waals surface area contributed by atoms with E-state index in [9.17, 15) is 0 Å². The number of fused-ring (bicyclic) bond motifs is 1. The number of nitrogens with one attached hydrogen (secondary N) is 1. The van der Waals surface area contributed by atoms with Gasteiger partial charge >= 0.3 is 0 Å². The Morgan fingerprint density at radius 3 is 2.85 bits per heavy atom. The Morgan fingerprint density at radius 1 is 1.05 bits per heavy atom. The van der Waals surface area contributed by atoms with Gasteiger partial charge in [0.05, 0.1) is 11.2 Å². The molecule has 3 heteroatoms. The molecule has 0 fully saturated rings. The monoisotopic (exact) mass is 282 g/mol. The molecule has 0 aliphatic heterocycles. The van der Waals surface area contributed by atoms with Crippen LogP contribution in [0.4, 0.5) is 0 Å². The number of para-hydroxylation sites is 1. The molecule has 0 radical (unpaired) electrons. The topological polar surface area (TPSA) is 24.9 Å². The van der Waals surface area contributed by atoms with Crippen LogP contribution in [0.2, 0.25) is 0 Å². The molecule has 2 nitrogen and oxygen atoms in total. The molecule has 102 valence electrons. The fraction of sp³-hybridized carbons (Fsp3) is 0.235. The molecule has 20 heavy (non-hydrogen) atoms. The summed E-state index contributed by atoms with van der Waals surface area (Å²) in [5.74, 6) is 0. The molecular weight excluding hydrogens is 264 g/mol. The summed E-state index contributed by atoms with van der Waals surface area (Å²) in [6.45, 7) is 3.94. The second-order valence-corrected chi connectivity index (χ2v) is 5.82. The van der Waals surface area contributed by atoms with Gasteiger partial charge in [0.15, 0.2) is 0 Å². The van der Waals surface area contributed by atoms with E-state index in [1.54, 1.807) is 0 Å². The number of thiophene rings is 1. The standard InChI is InChI=1S/C17H18N2S/c1-2-13-9-10-20-17(13)12-18-11-15-8-7-14-5-3-4-6-16(14)19-15/h3-10,18H,2,11-12H2,1H3. The molecule has 2 aromatic heterocycles. The maximum atomic E-state index is 4.68. The van der Waals surface area contributed by atoms with Crippen molar-refractivity contribution in [3.63, 3.8) is 0 Å². The van der Waals surface area contributed by atoms with Crippen LogP contribution in [0.15, 0.2) is 47.8 Å². The summed E-state index contributed by atoms with van der Waals surface area (Å²) in [5, 5.41) is 6.86. The number of pyridine rings is 1. The summed E-state index contributed by atoms with van der Waals surface area (Å²) < 4.78 is 0. The Labute approximate surface area is 123 Å². The van der Waals surface area contributed by atoms with Crippen LogP contribution in [0.1, 0.15) is 23.1 Å². The van der Waals surface area contributed by atoms with Crippen LogP contribution in [0, 0.1) is 0 Å². The van der Waals surface area contributed by atoms with Crippen molar-refractivity contribution in [1.29, 1.82) is 0 Å². The number of aryl methyl sites for hydroxylation is 1. The van der Waals surface area contributed by atoms with Crippen LogP contribution in [-0.2, 0) is 19.5 Å². The van der Waals surface area contributed by atoms with E-state index >= 15 is 0 Å². The quantitative estimate of drug-likeness (QED) is 0.760. The first-order valence-electron chi connectivity index (χ1n) is 6.97. The SMILES string of the molecule is CCc1ccsc1CNCc1ccc2ccccc2n1. The number of hydrogen-bond acceptors (Lipinski definition) is 3. The molecule has 3 rings (SSSR count). The second-order valence-electron chi connectivity index (χ2n) is 4.82. The molecule has 3 aromatic rings. The summed E-state index contributed by atoms with van der Waals surface area (Å²) >= 11 is 1.83. The molecule has 0 spiro atoms. The lowest BCUT2D eigenvalue weighted by atomic mass is 10.2. The molecule has 0 saturated carbocycles. The molecule has 0 aliphatic rings. The average Bonchev–Trinajstić information content (AvgIpc) is 2.95. The lowest BCUT2D eigenvalue weighted by molar-refractivity contribution is 0.685. The van der Waals surface area contributed by atoms with E-state index in [-0.39, 0.29) is 0 Å². The zero-order valence-corrected chi connectivity index (χ0v) is 12.4. The molecule has 2 heterocycles. The van der Waals surface area contributed by atoms with E-state index in [0.29, 0.717) is 0 Å². The first-order valence-corrected chi connectivity index (χ1v) is 7.85. The molecule has 0 amide bonds. The Bertz CT molecular complexity index is 703. The maximum Gasteiger partial charge on any atom is 0.0705 e. The third-order valence-electron chi connectivity index (χ3n) is 3.47. The smallest absolute Gasteiger partial charge is 0.0705 e. The fourth-order valence-corrected chi connectivity index (χ4v) is 3.29. The van der Waals surface area contributed by atoms with Crippen LogP contribution < -0.4 is 5.32 Å². The van der Waals surface area contributed by atoms with Crippen molar-refractivity contribution in [2.24, 2.45) is 0 Å². The third kappa shape index (κ3) is 2.89. The highest BCUT2D eigenvalue weighted by Gasteiger charge is 2.02. The van der Waals surface area contributed by atoms with Crippen molar-refractivity contribution < 1.29 is 0 Å². The van der Waals surface area contributed by atoms with Crippen molar-refractivity contribution >= 4 is 22.2 Å². The lowest BCUT2D eigenvalue weighted by Crippen LogP contribution is -2.13. The summed E-state index contributed by atoms with van der Waals surface area (Å²) in [7, 11) is 0. The Balaban J connectivity index is 1.65. The van der Waals surface area contributed by atoms with Gasteiger partial charge in [-0.25, -0.2) is 0 Å². The van der Waals surface area contributed by atoms with Gasteiger partial charge in [0.1, 0.15) is 0 Å². The van der Waals surface area contributed by atoms with Gasteiger partial charge in [-0.05, 0) is 35.6 Å². The predicted molar refractivity (Wildman–Crippen MR) is 86.0 cm³/mol. The molecule has 1 N–H and O–H groups in total. The fourth-order valence-electron chi connectivity index (χ4n) is 2.35. The highest BCUT2D eigenvalue weighted by Crippen LogP contribution is 2.17. The number of nitrogens with zero attached hydrogens (tertiary/aromatic N) is 1. The van der Waals surface area contributed by atoms with E-state index in [2.05, 4.69) is 52.9 Å². The number of benzene rings is 1. The second kappa shape index (κ2) is 6.16. The first kappa shape index (κ1) is 13.3. The molecule has 0 atom stereocenters.